The summed E-state index contributed by atoms with van der Waals surface area (Å²) in [4.78, 5) is 2.02. The topological polar surface area (TPSA) is 82.6 Å². The van der Waals surface area contributed by atoms with Crippen molar-refractivity contribution in [2.75, 3.05) is 18.1 Å². The van der Waals surface area contributed by atoms with E-state index in [0.29, 0.717) is 27.8 Å². The zero-order valence-corrected chi connectivity index (χ0v) is 14.7. The number of aliphatic hydroxyl groups is 2. The van der Waals surface area contributed by atoms with Gasteiger partial charge in [-0.1, -0.05) is 18.2 Å². The first-order chi connectivity index (χ1) is 13.4. The van der Waals surface area contributed by atoms with Crippen LogP contribution in [0.4, 0.5) is 18.9 Å². The standard InChI is InChI=1S/C19H18F3N3O3/c20-19(21,22)18(27)12-4-1-3-11(7-12)13-8-15-17(24-28-23-15)16(9-13)25-6-2-5-14(25)10-26/h1,3-4,7-9,14,18,26-27H,2,5-6,10H2/t14-,18?/m0/s1. The van der Waals surface area contributed by atoms with Crippen LogP contribution in [0.2, 0.25) is 0 Å². The van der Waals surface area contributed by atoms with Crippen molar-refractivity contribution in [1.82, 2.24) is 10.3 Å². The van der Waals surface area contributed by atoms with Crippen molar-refractivity contribution in [1.29, 1.82) is 0 Å². The first-order valence-corrected chi connectivity index (χ1v) is 8.87. The van der Waals surface area contributed by atoms with Gasteiger partial charge in [0.25, 0.3) is 0 Å². The van der Waals surface area contributed by atoms with Crippen LogP contribution < -0.4 is 4.90 Å². The molecule has 2 heterocycles. The van der Waals surface area contributed by atoms with Gasteiger partial charge in [0.15, 0.2) is 11.6 Å². The Morgan fingerprint density at radius 1 is 1.18 bits per heavy atom. The van der Waals surface area contributed by atoms with Crippen molar-refractivity contribution >= 4 is 16.7 Å². The molecule has 1 aromatic heterocycles. The van der Waals surface area contributed by atoms with Gasteiger partial charge in [-0.25, -0.2) is 4.63 Å². The summed E-state index contributed by atoms with van der Waals surface area (Å²) >= 11 is 0. The van der Waals surface area contributed by atoms with Crippen molar-refractivity contribution in [2.45, 2.75) is 31.2 Å². The van der Waals surface area contributed by atoms with Gasteiger partial charge >= 0.3 is 6.18 Å². The molecular formula is C19H18F3N3O3. The number of anilines is 1. The van der Waals surface area contributed by atoms with Crippen LogP contribution in [0, 0.1) is 0 Å². The molecule has 0 spiro atoms. The molecule has 2 aromatic carbocycles. The van der Waals surface area contributed by atoms with E-state index in [2.05, 4.69) is 10.3 Å². The lowest BCUT2D eigenvalue weighted by Crippen LogP contribution is -2.32. The summed E-state index contributed by atoms with van der Waals surface area (Å²) in [6.45, 7) is 0.716. The molecule has 2 atom stereocenters. The number of alkyl halides is 3. The van der Waals surface area contributed by atoms with E-state index in [0.717, 1.165) is 19.4 Å². The van der Waals surface area contributed by atoms with E-state index >= 15 is 0 Å². The van der Waals surface area contributed by atoms with E-state index in [-0.39, 0.29) is 18.2 Å². The van der Waals surface area contributed by atoms with Gasteiger partial charge in [0.1, 0.15) is 5.52 Å². The second-order valence-electron chi connectivity index (χ2n) is 6.87. The van der Waals surface area contributed by atoms with E-state index in [1.807, 2.05) is 4.90 Å². The summed E-state index contributed by atoms with van der Waals surface area (Å²) in [5.74, 6) is 0. The predicted molar refractivity (Wildman–Crippen MR) is 95.7 cm³/mol. The molecule has 2 N–H and O–H groups in total. The highest BCUT2D eigenvalue weighted by molar-refractivity contribution is 5.93. The van der Waals surface area contributed by atoms with Gasteiger partial charge in [0, 0.05) is 6.54 Å². The van der Waals surface area contributed by atoms with E-state index in [4.69, 9.17) is 4.63 Å². The fourth-order valence-corrected chi connectivity index (χ4v) is 3.68. The van der Waals surface area contributed by atoms with Crippen molar-refractivity contribution in [3.63, 3.8) is 0 Å². The van der Waals surface area contributed by atoms with Gasteiger partial charge in [-0.2, -0.15) is 13.2 Å². The largest absolute Gasteiger partial charge is 0.418 e. The molecule has 1 aliphatic heterocycles. The monoisotopic (exact) mass is 393 g/mol. The number of fused-ring (bicyclic) bond motifs is 1. The van der Waals surface area contributed by atoms with Crippen LogP contribution in [0.1, 0.15) is 24.5 Å². The highest BCUT2D eigenvalue weighted by Gasteiger charge is 2.39. The number of rotatable bonds is 4. The Kier molecular flexibility index (Phi) is 4.72. The number of benzene rings is 2. The lowest BCUT2D eigenvalue weighted by Gasteiger charge is -2.25. The smallest absolute Gasteiger partial charge is 0.394 e. The van der Waals surface area contributed by atoms with Gasteiger partial charge in [-0.05, 0) is 58.0 Å². The van der Waals surface area contributed by atoms with Crippen LogP contribution >= 0.6 is 0 Å². The minimum atomic E-state index is -4.74. The molecule has 1 unspecified atom stereocenters. The maximum atomic E-state index is 12.9. The lowest BCUT2D eigenvalue weighted by molar-refractivity contribution is -0.206. The molecule has 1 aliphatic rings. The molecule has 0 saturated carbocycles. The Balaban J connectivity index is 1.80. The van der Waals surface area contributed by atoms with Crippen LogP contribution in [0.15, 0.2) is 41.0 Å². The summed E-state index contributed by atoms with van der Waals surface area (Å²) in [5.41, 5.74) is 2.62. The van der Waals surface area contributed by atoms with Crippen LogP contribution in [-0.2, 0) is 0 Å². The predicted octanol–water partition coefficient (Wildman–Crippen LogP) is 3.45. The number of aromatic nitrogens is 2. The molecule has 4 rings (SSSR count). The number of hydrogen-bond donors (Lipinski definition) is 2. The zero-order chi connectivity index (χ0) is 19.9. The number of hydrogen-bond acceptors (Lipinski definition) is 6. The second kappa shape index (κ2) is 7.06. The summed E-state index contributed by atoms with van der Waals surface area (Å²) in [7, 11) is 0. The molecule has 6 nitrogen and oxygen atoms in total. The van der Waals surface area contributed by atoms with E-state index in [1.54, 1.807) is 18.2 Å². The third-order valence-corrected chi connectivity index (χ3v) is 5.08. The van der Waals surface area contributed by atoms with E-state index in [1.165, 1.54) is 18.2 Å². The maximum Gasteiger partial charge on any atom is 0.418 e. The zero-order valence-electron chi connectivity index (χ0n) is 14.7. The molecule has 0 aliphatic carbocycles. The van der Waals surface area contributed by atoms with Gasteiger partial charge < -0.3 is 15.1 Å². The molecule has 1 fully saturated rings. The summed E-state index contributed by atoms with van der Waals surface area (Å²) in [6.07, 6.45) is -5.55. The van der Waals surface area contributed by atoms with Crippen molar-refractivity contribution in [3.05, 3.63) is 42.0 Å². The number of aliphatic hydroxyl groups excluding tert-OH is 2. The quantitative estimate of drug-likeness (QED) is 0.707. The lowest BCUT2D eigenvalue weighted by atomic mass is 9.99. The van der Waals surface area contributed by atoms with E-state index < -0.39 is 12.3 Å². The molecular weight excluding hydrogens is 375 g/mol. The van der Waals surface area contributed by atoms with Crippen LogP contribution in [0.3, 0.4) is 0 Å². The SMILES string of the molecule is OC[C@@H]1CCCN1c1cc(-c2cccc(C(O)C(F)(F)F)c2)cc2nonc12. The van der Waals surface area contributed by atoms with Gasteiger partial charge in [-0.15, -0.1) is 0 Å². The van der Waals surface area contributed by atoms with Gasteiger partial charge in [0.2, 0.25) is 0 Å². The molecule has 9 heteroatoms. The summed E-state index contributed by atoms with van der Waals surface area (Å²) in [6, 6.07) is 9.10. The first-order valence-electron chi connectivity index (χ1n) is 8.87. The molecule has 0 radical (unpaired) electrons. The summed E-state index contributed by atoms with van der Waals surface area (Å²) < 4.78 is 43.5. The fourth-order valence-electron chi connectivity index (χ4n) is 3.68. The highest BCUT2D eigenvalue weighted by Crippen LogP contribution is 2.37. The Morgan fingerprint density at radius 3 is 2.75 bits per heavy atom. The van der Waals surface area contributed by atoms with Crippen LogP contribution in [-0.4, -0.2) is 45.9 Å². The Hall–Kier alpha value is -2.65. The Labute approximate surface area is 158 Å². The molecule has 3 aromatic rings. The molecule has 28 heavy (non-hydrogen) atoms. The first kappa shape index (κ1) is 18.7. The van der Waals surface area contributed by atoms with Crippen molar-refractivity contribution in [3.8, 4) is 11.1 Å². The molecule has 0 bridgehead atoms. The van der Waals surface area contributed by atoms with Crippen LogP contribution in [0.25, 0.3) is 22.2 Å². The normalized spacial score (nSPS) is 18.8. The second-order valence-corrected chi connectivity index (χ2v) is 6.87. The van der Waals surface area contributed by atoms with Crippen molar-refractivity contribution < 1.29 is 28.0 Å². The molecule has 1 saturated heterocycles. The van der Waals surface area contributed by atoms with Crippen LogP contribution in [0.5, 0.6) is 0 Å². The minimum Gasteiger partial charge on any atom is -0.394 e. The number of nitrogens with zero attached hydrogens (tertiary/aromatic N) is 3. The average molecular weight is 393 g/mol. The minimum absolute atomic E-state index is 0.00966. The summed E-state index contributed by atoms with van der Waals surface area (Å²) in [5, 5.41) is 27.0. The van der Waals surface area contributed by atoms with Gasteiger partial charge in [-0.3, -0.25) is 0 Å². The fraction of sp³-hybridized carbons (Fsp3) is 0.368. The van der Waals surface area contributed by atoms with Crippen molar-refractivity contribution in [2.24, 2.45) is 0 Å². The third kappa shape index (κ3) is 3.31. The number of halogens is 3. The highest BCUT2D eigenvalue weighted by atomic mass is 19.4. The van der Waals surface area contributed by atoms with E-state index in [9.17, 15) is 23.4 Å². The average Bonchev–Trinajstić information content (AvgIpc) is 3.34. The Morgan fingerprint density at radius 2 is 2.00 bits per heavy atom. The maximum absolute atomic E-state index is 12.9. The molecule has 0 amide bonds. The third-order valence-electron chi connectivity index (χ3n) is 5.08. The Bertz CT molecular complexity index is 989. The molecule has 148 valence electrons. The van der Waals surface area contributed by atoms with Gasteiger partial charge in [0.05, 0.1) is 18.3 Å².